The second kappa shape index (κ2) is 7.62. The number of aliphatic hydroxyl groups excluding tert-OH is 1. The van der Waals surface area contributed by atoms with E-state index in [2.05, 4.69) is 5.32 Å². The summed E-state index contributed by atoms with van der Waals surface area (Å²) in [5.74, 6) is -0.394. The van der Waals surface area contributed by atoms with E-state index in [1.165, 1.54) is 6.07 Å². The van der Waals surface area contributed by atoms with E-state index in [9.17, 15) is 14.3 Å². The molecular formula is C21H22FNO2. The molecule has 0 fully saturated rings. The highest BCUT2D eigenvalue weighted by Gasteiger charge is 2.22. The number of carbonyl (C=O) groups excluding carboxylic acids is 1. The van der Waals surface area contributed by atoms with Crippen molar-refractivity contribution in [2.24, 2.45) is 0 Å². The van der Waals surface area contributed by atoms with Gasteiger partial charge in [-0.15, -0.1) is 0 Å². The molecule has 4 heteroatoms. The van der Waals surface area contributed by atoms with Gasteiger partial charge in [0.2, 0.25) is 5.91 Å². The molecule has 2 aromatic rings. The molecule has 0 unspecified atom stereocenters. The van der Waals surface area contributed by atoms with Gasteiger partial charge in [-0.25, -0.2) is 4.39 Å². The fourth-order valence-corrected chi connectivity index (χ4v) is 3.24. The largest absolute Gasteiger partial charge is 0.392 e. The number of halogens is 1. The fourth-order valence-electron chi connectivity index (χ4n) is 3.24. The van der Waals surface area contributed by atoms with Gasteiger partial charge in [0.05, 0.1) is 6.61 Å². The Morgan fingerprint density at radius 2 is 1.96 bits per heavy atom. The molecule has 130 valence electrons. The molecule has 1 aliphatic carbocycles. The van der Waals surface area contributed by atoms with Gasteiger partial charge in [-0.3, -0.25) is 4.79 Å². The number of carbonyl (C=O) groups is 1. The van der Waals surface area contributed by atoms with Crippen LogP contribution in [-0.2, 0) is 24.2 Å². The maximum Gasteiger partial charge on any atom is 0.223 e. The molecule has 3 nitrogen and oxygen atoms in total. The molecular weight excluding hydrogens is 317 g/mol. The summed E-state index contributed by atoms with van der Waals surface area (Å²) in [4.78, 5) is 11.9. The number of fused-ring (bicyclic) bond motifs is 1. The molecule has 2 N–H and O–H groups in total. The van der Waals surface area contributed by atoms with Gasteiger partial charge in [0.15, 0.2) is 0 Å². The van der Waals surface area contributed by atoms with Crippen LogP contribution in [0.3, 0.4) is 0 Å². The van der Waals surface area contributed by atoms with Crippen LogP contribution in [0.25, 0.3) is 5.57 Å². The number of allylic oxidation sites excluding steroid dienone is 2. The SMILES string of the molecule is CCC(=O)NC1=C(Cc2ccccc2)c2cc(CO)c(F)cc2CC1. The molecule has 0 saturated carbocycles. The monoisotopic (exact) mass is 339 g/mol. The Balaban J connectivity index is 2.08. The molecule has 1 amide bonds. The van der Waals surface area contributed by atoms with Gasteiger partial charge in [-0.05, 0) is 53.7 Å². The zero-order chi connectivity index (χ0) is 17.8. The average molecular weight is 339 g/mol. The zero-order valence-corrected chi connectivity index (χ0v) is 14.3. The lowest BCUT2D eigenvalue weighted by Crippen LogP contribution is -2.26. The summed E-state index contributed by atoms with van der Waals surface area (Å²) in [6.07, 6.45) is 2.43. The third-order valence-corrected chi connectivity index (χ3v) is 4.61. The highest BCUT2D eigenvalue weighted by atomic mass is 19.1. The van der Waals surface area contributed by atoms with E-state index in [4.69, 9.17) is 0 Å². The lowest BCUT2D eigenvalue weighted by molar-refractivity contribution is -0.120. The fraction of sp³-hybridized carbons (Fsp3) is 0.286. The number of aliphatic hydroxyl groups is 1. The lowest BCUT2D eigenvalue weighted by Gasteiger charge is -2.25. The van der Waals surface area contributed by atoms with Gasteiger partial charge >= 0.3 is 0 Å². The first-order valence-electron chi connectivity index (χ1n) is 8.60. The van der Waals surface area contributed by atoms with Gasteiger partial charge in [-0.2, -0.15) is 0 Å². The Kier molecular flexibility index (Phi) is 5.29. The third kappa shape index (κ3) is 3.80. The summed E-state index contributed by atoms with van der Waals surface area (Å²) in [5.41, 5.74) is 5.17. The molecule has 0 atom stereocenters. The number of hydrogen-bond acceptors (Lipinski definition) is 2. The van der Waals surface area contributed by atoms with Gasteiger partial charge in [0, 0.05) is 17.7 Å². The van der Waals surface area contributed by atoms with Crippen molar-refractivity contribution < 1.29 is 14.3 Å². The van der Waals surface area contributed by atoms with Crippen LogP contribution >= 0.6 is 0 Å². The Labute approximate surface area is 147 Å². The van der Waals surface area contributed by atoms with Crippen molar-refractivity contribution >= 4 is 11.5 Å². The molecule has 2 aromatic carbocycles. The van der Waals surface area contributed by atoms with Crippen LogP contribution in [0.1, 0.15) is 42.0 Å². The molecule has 0 aliphatic heterocycles. The number of hydrogen-bond donors (Lipinski definition) is 2. The normalized spacial score (nSPS) is 13.6. The van der Waals surface area contributed by atoms with Crippen LogP contribution in [0.2, 0.25) is 0 Å². The van der Waals surface area contributed by atoms with E-state index < -0.39 is 0 Å². The van der Waals surface area contributed by atoms with Crippen LogP contribution < -0.4 is 5.32 Å². The van der Waals surface area contributed by atoms with E-state index in [1.54, 1.807) is 6.07 Å². The summed E-state index contributed by atoms with van der Waals surface area (Å²) in [6, 6.07) is 13.2. The second-order valence-electron chi connectivity index (χ2n) is 6.28. The van der Waals surface area contributed by atoms with Crippen molar-refractivity contribution in [3.05, 3.63) is 76.2 Å². The quantitative estimate of drug-likeness (QED) is 0.872. The Morgan fingerprint density at radius 3 is 2.64 bits per heavy atom. The van der Waals surface area contributed by atoms with Crippen LogP contribution in [0, 0.1) is 5.82 Å². The number of nitrogens with one attached hydrogen (secondary N) is 1. The van der Waals surface area contributed by atoms with Crippen LogP contribution in [-0.4, -0.2) is 11.0 Å². The van der Waals surface area contributed by atoms with Crippen molar-refractivity contribution in [2.75, 3.05) is 0 Å². The van der Waals surface area contributed by atoms with Crippen molar-refractivity contribution in [2.45, 2.75) is 39.2 Å². The molecule has 0 heterocycles. The molecule has 1 aliphatic rings. The van der Waals surface area contributed by atoms with E-state index in [1.807, 2.05) is 37.3 Å². The standard InChI is InChI=1S/C21H22FNO2/c1-2-21(25)23-20-9-8-15-12-19(22)16(13-24)11-17(15)18(20)10-14-6-4-3-5-7-14/h3-7,11-12,24H,2,8-10,13H2,1H3,(H,23,25). The average Bonchev–Trinajstić information content (AvgIpc) is 2.64. The highest BCUT2D eigenvalue weighted by Crippen LogP contribution is 2.34. The smallest absolute Gasteiger partial charge is 0.223 e. The maximum atomic E-state index is 14.0. The van der Waals surface area contributed by atoms with Gasteiger partial charge in [0.1, 0.15) is 5.82 Å². The molecule has 3 rings (SSSR count). The molecule has 0 aromatic heterocycles. The Morgan fingerprint density at radius 1 is 1.20 bits per heavy atom. The highest BCUT2D eigenvalue weighted by molar-refractivity contribution is 5.83. The Bertz CT molecular complexity index is 812. The van der Waals surface area contributed by atoms with Crippen LogP contribution in [0.4, 0.5) is 4.39 Å². The van der Waals surface area contributed by atoms with E-state index in [-0.39, 0.29) is 23.9 Å². The molecule has 0 spiro atoms. The summed E-state index contributed by atoms with van der Waals surface area (Å²) in [5, 5.41) is 12.4. The first-order chi connectivity index (χ1) is 12.1. The summed E-state index contributed by atoms with van der Waals surface area (Å²) >= 11 is 0. The van der Waals surface area contributed by atoms with E-state index in [0.717, 1.165) is 28.0 Å². The first-order valence-corrected chi connectivity index (χ1v) is 8.60. The van der Waals surface area contributed by atoms with E-state index in [0.29, 0.717) is 25.7 Å². The maximum absolute atomic E-state index is 14.0. The van der Waals surface area contributed by atoms with Gasteiger partial charge in [-0.1, -0.05) is 37.3 Å². The number of aryl methyl sites for hydroxylation is 1. The molecule has 25 heavy (non-hydrogen) atoms. The van der Waals surface area contributed by atoms with Crippen molar-refractivity contribution in [1.29, 1.82) is 0 Å². The predicted molar refractivity (Wildman–Crippen MR) is 96.1 cm³/mol. The summed E-state index contributed by atoms with van der Waals surface area (Å²) in [7, 11) is 0. The summed E-state index contributed by atoms with van der Waals surface area (Å²) in [6.45, 7) is 1.48. The van der Waals surface area contributed by atoms with Crippen LogP contribution in [0.5, 0.6) is 0 Å². The number of amides is 1. The second-order valence-corrected chi connectivity index (χ2v) is 6.28. The molecule has 0 saturated heterocycles. The van der Waals surface area contributed by atoms with Crippen molar-refractivity contribution in [1.82, 2.24) is 5.32 Å². The van der Waals surface area contributed by atoms with Gasteiger partial charge < -0.3 is 10.4 Å². The Hall–Kier alpha value is -2.46. The summed E-state index contributed by atoms with van der Waals surface area (Å²) < 4.78 is 14.0. The van der Waals surface area contributed by atoms with Crippen LogP contribution in [0.15, 0.2) is 48.2 Å². The minimum atomic E-state index is -0.374. The van der Waals surface area contributed by atoms with Gasteiger partial charge in [0.25, 0.3) is 0 Å². The lowest BCUT2D eigenvalue weighted by atomic mass is 9.84. The predicted octanol–water partition coefficient (Wildman–Crippen LogP) is 3.74. The first kappa shape index (κ1) is 17.4. The number of rotatable bonds is 5. The number of benzene rings is 2. The zero-order valence-electron chi connectivity index (χ0n) is 14.3. The molecule has 0 radical (unpaired) electrons. The van der Waals surface area contributed by atoms with Crippen molar-refractivity contribution in [3.8, 4) is 0 Å². The minimum absolute atomic E-state index is 0.0199. The minimum Gasteiger partial charge on any atom is -0.392 e. The van der Waals surface area contributed by atoms with E-state index >= 15 is 0 Å². The topological polar surface area (TPSA) is 49.3 Å². The van der Waals surface area contributed by atoms with Crippen molar-refractivity contribution in [3.63, 3.8) is 0 Å². The third-order valence-electron chi connectivity index (χ3n) is 4.61. The molecule has 0 bridgehead atoms.